The molecule has 0 unspecified atom stereocenters. The van der Waals surface area contributed by atoms with E-state index >= 15 is 0 Å². The number of methoxy groups -OCH3 is 1. The number of ether oxygens (including phenoxy) is 1. The van der Waals surface area contributed by atoms with E-state index in [-0.39, 0.29) is 23.9 Å². The monoisotopic (exact) mass is 410 g/mol. The molecular formula is C22H23ClN4O2. The van der Waals surface area contributed by atoms with E-state index in [1.54, 1.807) is 12.0 Å². The van der Waals surface area contributed by atoms with Gasteiger partial charge in [-0.1, -0.05) is 49.7 Å². The van der Waals surface area contributed by atoms with Gasteiger partial charge in [0, 0.05) is 10.9 Å². The Bertz CT molecular complexity index is 998. The Kier molecular flexibility index (Phi) is 5.28. The van der Waals surface area contributed by atoms with E-state index < -0.39 is 0 Å². The number of aromatic nitrogens is 3. The lowest BCUT2D eigenvalue weighted by atomic mass is 9.91. The van der Waals surface area contributed by atoms with Gasteiger partial charge in [-0.25, -0.2) is 4.68 Å². The van der Waals surface area contributed by atoms with Crippen LogP contribution in [-0.2, 0) is 4.79 Å². The molecular weight excluding hydrogens is 388 g/mol. The van der Waals surface area contributed by atoms with Crippen molar-refractivity contribution in [1.82, 2.24) is 14.8 Å². The van der Waals surface area contributed by atoms with Gasteiger partial charge in [0.2, 0.25) is 11.9 Å². The van der Waals surface area contributed by atoms with Crippen molar-refractivity contribution in [2.75, 3.05) is 12.0 Å². The molecule has 3 aromatic rings. The fourth-order valence-electron chi connectivity index (χ4n) is 3.80. The van der Waals surface area contributed by atoms with Crippen LogP contribution in [0.4, 0.5) is 5.95 Å². The van der Waals surface area contributed by atoms with Gasteiger partial charge in [-0.05, 0) is 41.8 Å². The first-order valence-electron chi connectivity index (χ1n) is 9.61. The Morgan fingerprint density at radius 2 is 1.69 bits per heavy atom. The number of amides is 1. The molecule has 1 aliphatic rings. The fraction of sp³-hybridized carbons (Fsp3) is 0.318. The topological polar surface area (TPSA) is 60.2 Å². The standard InChI is InChI=1S/C22H23ClN4O2/c1-14(2)21(28)26-19(15-4-8-17(23)9-5-15)12-20(27-22(26)24-13-25-27)16-6-10-18(29-3)11-7-16/h4-11,13-14,19-20H,12H2,1-3H3/t19-,20-/m1/s1. The van der Waals surface area contributed by atoms with Crippen LogP contribution in [0.3, 0.4) is 0 Å². The first kappa shape index (κ1) is 19.5. The summed E-state index contributed by atoms with van der Waals surface area (Å²) in [6, 6.07) is 15.4. The highest BCUT2D eigenvalue weighted by atomic mass is 35.5. The van der Waals surface area contributed by atoms with Crippen molar-refractivity contribution in [3.05, 3.63) is 71.0 Å². The van der Waals surface area contributed by atoms with Crippen molar-refractivity contribution in [1.29, 1.82) is 0 Å². The normalized spacial score (nSPS) is 18.6. The third-order valence-corrected chi connectivity index (χ3v) is 5.56. The summed E-state index contributed by atoms with van der Waals surface area (Å²) in [7, 11) is 1.65. The molecule has 1 aromatic heterocycles. The predicted octanol–water partition coefficient (Wildman–Crippen LogP) is 4.66. The summed E-state index contributed by atoms with van der Waals surface area (Å²) in [6.45, 7) is 3.80. The summed E-state index contributed by atoms with van der Waals surface area (Å²) in [4.78, 5) is 19.4. The highest BCUT2D eigenvalue weighted by Crippen LogP contribution is 2.42. The van der Waals surface area contributed by atoms with Crippen LogP contribution in [0.5, 0.6) is 5.75 Å². The zero-order valence-corrected chi connectivity index (χ0v) is 17.4. The van der Waals surface area contributed by atoms with Crippen molar-refractivity contribution < 1.29 is 9.53 Å². The molecule has 2 atom stereocenters. The summed E-state index contributed by atoms with van der Waals surface area (Å²) < 4.78 is 7.13. The van der Waals surface area contributed by atoms with E-state index in [9.17, 15) is 4.79 Å². The van der Waals surface area contributed by atoms with Gasteiger partial charge in [-0.2, -0.15) is 10.1 Å². The van der Waals surface area contributed by atoms with Gasteiger partial charge in [0.05, 0.1) is 19.2 Å². The lowest BCUT2D eigenvalue weighted by Crippen LogP contribution is -2.44. The molecule has 0 aliphatic carbocycles. The SMILES string of the molecule is COc1ccc([C@H]2C[C@H](c3ccc(Cl)cc3)N(C(=O)C(C)C)c3ncnn32)cc1. The van der Waals surface area contributed by atoms with Crippen LogP contribution in [0, 0.1) is 5.92 Å². The zero-order chi connectivity index (χ0) is 20.5. The summed E-state index contributed by atoms with van der Waals surface area (Å²) in [5.41, 5.74) is 2.12. The lowest BCUT2D eigenvalue weighted by Gasteiger charge is -2.40. The van der Waals surface area contributed by atoms with E-state index in [4.69, 9.17) is 16.3 Å². The molecule has 150 valence electrons. The highest BCUT2D eigenvalue weighted by molar-refractivity contribution is 6.30. The van der Waals surface area contributed by atoms with Crippen LogP contribution in [-0.4, -0.2) is 27.8 Å². The summed E-state index contributed by atoms with van der Waals surface area (Å²) >= 11 is 6.10. The van der Waals surface area contributed by atoms with Gasteiger partial charge in [0.15, 0.2) is 0 Å². The van der Waals surface area contributed by atoms with E-state index in [0.29, 0.717) is 17.4 Å². The van der Waals surface area contributed by atoms with E-state index in [1.165, 1.54) is 6.33 Å². The number of carbonyl (C=O) groups excluding carboxylic acids is 1. The van der Waals surface area contributed by atoms with Crippen LogP contribution >= 0.6 is 11.6 Å². The molecule has 0 N–H and O–H groups in total. The molecule has 1 amide bonds. The van der Waals surface area contributed by atoms with Crippen LogP contribution < -0.4 is 9.64 Å². The largest absolute Gasteiger partial charge is 0.497 e. The Morgan fingerprint density at radius 3 is 2.31 bits per heavy atom. The zero-order valence-electron chi connectivity index (χ0n) is 16.6. The number of nitrogens with zero attached hydrogens (tertiary/aromatic N) is 4. The molecule has 0 saturated heterocycles. The van der Waals surface area contributed by atoms with Crippen molar-refractivity contribution in [2.24, 2.45) is 5.92 Å². The van der Waals surface area contributed by atoms with Gasteiger partial charge >= 0.3 is 0 Å². The molecule has 2 aromatic carbocycles. The van der Waals surface area contributed by atoms with Crippen LogP contribution in [0.25, 0.3) is 0 Å². The Morgan fingerprint density at radius 1 is 1.07 bits per heavy atom. The van der Waals surface area contributed by atoms with Gasteiger partial charge in [0.1, 0.15) is 12.1 Å². The minimum Gasteiger partial charge on any atom is -0.497 e. The second kappa shape index (κ2) is 7.87. The number of anilines is 1. The van der Waals surface area contributed by atoms with Gasteiger partial charge in [-0.15, -0.1) is 0 Å². The number of hydrogen-bond donors (Lipinski definition) is 0. The van der Waals surface area contributed by atoms with Crippen molar-refractivity contribution in [2.45, 2.75) is 32.4 Å². The van der Waals surface area contributed by atoms with Gasteiger partial charge in [0.25, 0.3) is 0 Å². The quantitative estimate of drug-likeness (QED) is 0.627. The number of fused-ring (bicyclic) bond motifs is 1. The molecule has 0 saturated carbocycles. The minimum atomic E-state index is -0.161. The second-order valence-electron chi connectivity index (χ2n) is 7.46. The van der Waals surface area contributed by atoms with E-state index in [0.717, 1.165) is 16.9 Å². The molecule has 0 bridgehead atoms. The molecule has 29 heavy (non-hydrogen) atoms. The molecule has 6 nitrogen and oxygen atoms in total. The third kappa shape index (κ3) is 3.60. The maximum Gasteiger partial charge on any atom is 0.232 e. The van der Waals surface area contributed by atoms with Crippen molar-refractivity contribution >= 4 is 23.5 Å². The summed E-state index contributed by atoms with van der Waals surface area (Å²) in [5, 5.41) is 5.12. The fourth-order valence-corrected chi connectivity index (χ4v) is 3.92. The Hall–Kier alpha value is -2.86. The molecule has 7 heteroatoms. The Balaban J connectivity index is 1.82. The van der Waals surface area contributed by atoms with Crippen LogP contribution in [0.15, 0.2) is 54.9 Å². The molecule has 0 spiro atoms. The molecule has 0 radical (unpaired) electrons. The molecule has 1 aliphatic heterocycles. The second-order valence-corrected chi connectivity index (χ2v) is 7.90. The maximum absolute atomic E-state index is 13.1. The number of carbonyl (C=O) groups is 1. The number of hydrogen-bond acceptors (Lipinski definition) is 4. The average Bonchev–Trinajstić information content (AvgIpc) is 3.22. The Labute approximate surface area is 175 Å². The minimum absolute atomic E-state index is 0.0207. The molecule has 0 fully saturated rings. The first-order chi connectivity index (χ1) is 14.0. The maximum atomic E-state index is 13.1. The number of benzene rings is 2. The molecule has 4 rings (SSSR count). The lowest BCUT2D eigenvalue weighted by molar-refractivity contribution is -0.122. The van der Waals surface area contributed by atoms with E-state index in [2.05, 4.69) is 10.1 Å². The first-order valence-corrected chi connectivity index (χ1v) is 9.99. The smallest absolute Gasteiger partial charge is 0.232 e. The van der Waals surface area contributed by atoms with Crippen molar-refractivity contribution in [3.63, 3.8) is 0 Å². The van der Waals surface area contributed by atoms with E-state index in [1.807, 2.05) is 67.1 Å². The number of halogens is 1. The number of rotatable bonds is 4. The average molecular weight is 411 g/mol. The van der Waals surface area contributed by atoms with Crippen LogP contribution in [0.2, 0.25) is 5.02 Å². The third-order valence-electron chi connectivity index (χ3n) is 5.31. The summed E-state index contributed by atoms with van der Waals surface area (Å²) in [5.74, 6) is 1.23. The molecule has 2 heterocycles. The highest BCUT2D eigenvalue weighted by Gasteiger charge is 2.39. The summed E-state index contributed by atoms with van der Waals surface area (Å²) in [6.07, 6.45) is 2.19. The van der Waals surface area contributed by atoms with Crippen molar-refractivity contribution in [3.8, 4) is 5.75 Å². The van der Waals surface area contributed by atoms with Gasteiger partial charge in [-0.3, -0.25) is 9.69 Å². The van der Waals surface area contributed by atoms with Crippen LogP contribution in [0.1, 0.15) is 43.5 Å². The van der Waals surface area contributed by atoms with Gasteiger partial charge < -0.3 is 4.74 Å². The predicted molar refractivity (Wildman–Crippen MR) is 112 cm³/mol.